The summed E-state index contributed by atoms with van der Waals surface area (Å²) in [7, 11) is 1.32. The normalized spacial score (nSPS) is 16.2. The third kappa shape index (κ3) is 3.22. The topological polar surface area (TPSA) is 55.4 Å². The summed E-state index contributed by atoms with van der Waals surface area (Å²) in [6, 6.07) is -0.561. The third-order valence-corrected chi connectivity index (χ3v) is 2.46. The molecule has 1 aliphatic rings. The van der Waals surface area contributed by atoms with Gasteiger partial charge in [-0.3, -0.25) is 4.79 Å². The van der Waals surface area contributed by atoms with Crippen molar-refractivity contribution in [3.8, 4) is 0 Å². The number of allylic oxidation sites excluding steroid dienone is 2. The molecule has 0 spiro atoms. The molecule has 1 N–H and O–H groups in total. The van der Waals surface area contributed by atoms with E-state index in [9.17, 15) is 9.59 Å². The molecule has 0 aliphatic heterocycles. The van der Waals surface area contributed by atoms with Gasteiger partial charge in [0, 0.05) is 5.57 Å². The van der Waals surface area contributed by atoms with Crippen molar-refractivity contribution in [1.82, 2.24) is 5.32 Å². The maximum absolute atomic E-state index is 11.7. The van der Waals surface area contributed by atoms with Crippen molar-refractivity contribution in [1.29, 1.82) is 0 Å². The zero-order valence-corrected chi connectivity index (χ0v) is 9.66. The van der Waals surface area contributed by atoms with Gasteiger partial charge < -0.3 is 10.1 Å². The number of carbonyl (C=O) groups excluding carboxylic acids is 2. The minimum Gasteiger partial charge on any atom is -0.467 e. The van der Waals surface area contributed by atoms with Crippen LogP contribution in [0, 0.1) is 0 Å². The molecule has 0 aromatic rings. The predicted molar refractivity (Wildman–Crippen MR) is 60.7 cm³/mol. The minimum absolute atomic E-state index is 0.215. The molecule has 0 fully saturated rings. The molecule has 0 bridgehead atoms. The average Bonchev–Trinajstić information content (AvgIpc) is 2.35. The van der Waals surface area contributed by atoms with E-state index in [0.717, 1.165) is 12.8 Å². The van der Waals surface area contributed by atoms with E-state index in [4.69, 9.17) is 0 Å². The lowest BCUT2D eigenvalue weighted by Crippen LogP contribution is -2.41. The Balaban J connectivity index is 2.58. The van der Waals surface area contributed by atoms with Gasteiger partial charge in [-0.25, -0.2) is 4.79 Å². The smallest absolute Gasteiger partial charge is 0.328 e. The fourth-order valence-corrected chi connectivity index (χ4v) is 1.49. The Kier molecular flexibility index (Phi) is 4.76. The number of esters is 1. The van der Waals surface area contributed by atoms with Crippen LogP contribution in [0.3, 0.4) is 0 Å². The summed E-state index contributed by atoms with van der Waals surface area (Å²) in [5.74, 6) is -0.621. The molecule has 4 nitrogen and oxygen atoms in total. The van der Waals surface area contributed by atoms with Crippen LogP contribution in [0.15, 0.2) is 23.8 Å². The largest absolute Gasteiger partial charge is 0.467 e. The Labute approximate surface area is 95.4 Å². The lowest BCUT2D eigenvalue weighted by atomic mass is 10.1. The van der Waals surface area contributed by atoms with Crippen LogP contribution in [0.4, 0.5) is 0 Å². The van der Waals surface area contributed by atoms with E-state index in [-0.39, 0.29) is 5.91 Å². The molecule has 1 unspecified atom stereocenters. The number of hydrogen-bond acceptors (Lipinski definition) is 3. The van der Waals surface area contributed by atoms with Crippen LogP contribution < -0.4 is 5.32 Å². The second kappa shape index (κ2) is 6.10. The fraction of sp³-hybridized carbons (Fsp3) is 0.500. The van der Waals surface area contributed by atoms with Crippen molar-refractivity contribution in [2.45, 2.75) is 32.2 Å². The van der Waals surface area contributed by atoms with Gasteiger partial charge in [-0.15, -0.1) is 0 Å². The highest BCUT2D eigenvalue weighted by Gasteiger charge is 2.20. The van der Waals surface area contributed by atoms with Crippen molar-refractivity contribution in [3.63, 3.8) is 0 Å². The van der Waals surface area contributed by atoms with Crippen molar-refractivity contribution >= 4 is 11.9 Å². The van der Waals surface area contributed by atoms with Gasteiger partial charge in [-0.1, -0.05) is 25.2 Å². The molecule has 1 rings (SSSR count). The third-order valence-electron chi connectivity index (χ3n) is 2.46. The number of ether oxygens (including phenoxy) is 1. The highest BCUT2D eigenvalue weighted by molar-refractivity contribution is 5.98. The summed E-state index contributed by atoms with van der Waals surface area (Å²) < 4.78 is 4.60. The maximum atomic E-state index is 11.7. The monoisotopic (exact) mass is 223 g/mol. The van der Waals surface area contributed by atoms with Gasteiger partial charge in [0.2, 0.25) is 0 Å². The summed E-state index contributed by atoms with van der Waals surface area (Å²) in [4.78, 5) is 23.0. The minimum atomic E-state index is -0.561. The molecule has 4 heteroatoms. The molecule has 1 atom stereocenters. The van der Waals surface area contributed by atoms with Crippen molar-refractivity contribution < 1.29 is 14.3 Å². The summed E-state index contributed by atoms with van der Waals surface area (Å²) in [5, 5.41) is 2.65. The summed E-state index contributed by atoms with van der Waals surface area (Å²) in [5.41, 5.74) is 0.619. The Morgan fingerprint density at radius 2 is 2.25 bits per heavy atom. The maximum Gasteiger partial charge on any atom is 0.328 e. The van der Waals surface area contributed by atoms with E-state index >= 15 is 0 Å². The van der Waals surface area contributed by atoms with Crippen molar-refractivity contribution in [2.24, 2.45) is 0 Å². The first kappa shape index (κ1) is 12.5. The molecular formula is C12H17NO3. The zero-order valence-electron chi connectivity index (χ0n) is 9.66. The van der Waals surface area contributed by atoms with Crippen LogP contribution in [-0.2, 0) is 14.3 Å². The molecule has 0 saturated heterocycles. The molecule has 0 radical (unpaired) electrons. The molecule has 0 aromatic carbocycles. The van der Waals surface area contributed by atoms with E-state index in [1.165, 1.54) is 7.11 Å². The Morgan fingerprint density at radius 3 is 2.75 bits per heavy atom. The zero-order chi connectivity index (χ0) is 12.0. The first-order valence-electron chi connectivity index (χ1n) is 5.44. The molecule has 1 aliphatic carbocycles. The van der Waals surface area contributed by atoms with Gasteiger partial charge >= 0.3 is 5.97 Å². The number of methoxy groups -OCH3 is 1. The summed E-state index contributed by atoms with van der Waals surface area (Å²) >= 11 is 0. The Hall–Kier alpha value is -1.58. The van der Waals surface area contributed by atoms with Gasteiger partial charge in [-0.05, 0) is 19.3 Å². The Morgan fingerprint density at radius 1 is 1.50 bits per heavy atom. The molecule has 1 amide bonds. The SMILES string of the molecule is CCC(NC(=O)C1=CCCC=C1)C(=O)OC. The predicted octanol–water partition coefficient (Wildman–Crippen LogP) is 1.33. The van der Waals surface area contributed by atoms with Crippen LogP contribution in [-0.4, -0.2) is 25.0 Å². The van der Waals surface area contributed by atoms with Crippen LogP contribution in [0.1, 0.15) is 26.2 Å². The number of rotatable bonds is 4. The first-order valence-corrected chi connectivity index (χ1v) is 5.44. The molecular weight excluding hydrogens is 206 g/mol. The molecule has 0 saturated carbocycles. The fourth-order valence-electron chi connectivity index (χ4n) is 1.49. The van der Waals surface area contributed by atoms with Crippen molar-refractivity contribution in [3.05, 3.63) is 23.8 Å². The van der Waals surface area contributed by atoms with Crippen LogP contribution in [0.2, 0.25) is 0 Å². The van der Waals surface area contributed by atoms with Gasteiger partial charge in [0.15, 0.2) is 0 Å². The van der Waals surface area contributed by atoms with Crippen LogP contribution >= 0.6 is 0 Å². The van der Waals surface area contributed by atoms with Gasteiger partial charge in [-0.2, -0.15) is 0 Å². The molecule has 0 heterocycles. The number of hydrogen-bond donors (Lipinski definition) is 1. The van der Waals surface area contributed by atoms with E-state index in [2.05, 4.69) is 10.1 Å². The highest BCUT2D eigenvalue weighted by Crippen LogP contribution is 2.10. The summed E-state index contributed by atoms with van der Waals surface area (Å²) in [6.07, 6.45) is 7.96. The van der Waals surface area contributed by atoms with Gasteiger partial charge in [0.25, 0.3) is 5.91 Å². The molecule has 16 heavy (non-hydrogen) atoms. The quantitative estimate of drug-likeness (QED) is 0.731. The Bertz CT molecular complexity index is 331. The number of carbonyl (C=O) groups is 2. The lowest BCUT2D eigenvalue weighted by molar-refractivity contribution is -0.144. The number of nitrogens with one attached hydrogen (secondary N) is 1. The van der Waals surface area contributed by atoms with E-state index in [1.807, 2.05) is 19.1 Å². The first-order chi connectivity index (χ1) is 7.69. The molecule has 88 valence electrons. The highest BCUT2D eigenvalue weighted by atomic mass is 16.5. The number of amides is 1. The van der Waals surface area contributed by atoms with Crippen LogP contribution in [0.5, 0.6) is 0 Å². The summed E-state index contributed by atoms with van der Waals surface area (Å²) in [6.45, 7) is 1.83. The van der Waals surface area contributed by atoms with E-state index in [1.54, 1.807) is 6.08 Å². The lowest BCUT2D eigenvalue weighted by Gasteiger charge is -2.15. The second-order valence-electron chi connectivity index (χ2n) is 3.60. The van der Waals surface area contributed by atoms with Gasteiger partial charge in [0.05, 0.1) is 7.11 Å². The molecule has 0 aromatic heterocycles. The van der Waals surface area contributed by atoms with E-state index < -0.39 is 12.0 Å². The van der Waals surface area contributed by atoms with Gasteiger partial charge in [0.1, 0.15) is 6.04 Å². The standard InChI is InChI=1S/C12H17NO3/c1-3-10(12(15)16-2)13-11(14)9-7-5-4-6-8-9/h5,7-8,10H,3-4,6H2,1-2H3,(H,13,14). The van der Waals surface area contributed by atoms with Crippen molar-refractivity contribution in [2.75, 3.05) is 7.11 Å². The average molecular weight is 223 g/mol. The second-order valence-corrected chi connectivity index (χ2v) is 3.60. The van der Waals surface area contributed by atoms with E-state index in [0.29, 0.717) is 12.0 Å². The van der Waals surface area contributed by atoms with Crippen LogP contribution in [0.25, 0.3) is 0 Å².